The van der Waals surface area contributed by atoms with Crippen molar-refractivity contribution >= 4 is 28.0 Å². The molecule has 1 aromatic heterocycles. The van der Waals surface area contributed by atoms with Crippen LogP contribution in [-0.4, -0.2) is 11.7 Å². The van der Waals surface area contributed by atoms with Crippen LogP contribution in [0.4, 0.5) is 5.00 Å². The second-order valence-corrected chi connectivity index (χ2v) is 4.36. The molecule has 68 valence electrons. The quantitative estimate of drug-likeness (QED) is 0.642. The molecule has 1 aliphatic rings. The number of fused-ring (bicyclic) bond motifs is 1. The molecule has 2 heterocycles. The number of anilines is 1. The standard InChI is InChI=1S/C9H9NO2S/c1-4-5(2)13-9-8(4)6(11)3-7(12)10-9/h3H2,1-2H3,(H,10,12). The molecule has 1 N–H and O–H groups in total. The predicted octanol–water partition coefficient (Wildman–Crippen LogP) is 1.89. The van der Waals surface area contributed by atoms with Crippen LogP contribution >= 0.6 is 11.3 Å². The number of amides is 1. The molecule has 3 nitrogen and oxygen atoms in total. The molecule has 0 unspecified atom stereocenters. The first-order valence-electron chi connectivity index (χ1n) is 4.02. The first-order chi connectivity index (χ1) is 6.09. The fourth-order valence-electron chi connectivity index (χ4n) is 1.46. The normalized spacial score (nSPS) is 15.5. The predicted molar refractivity (Wildman–Crippen MR) is 51.4 cm³/mol. The Morgan fingerprint density at radius 2 is 2.00 bits per heavy atom. The van der Waals surface area contributed by atoms with E-state index in [1.165, 1.54) is 11.3 Å². The van der Waals surface area contributed by atoms with Gasteiger partial charge in [0.05, 0.1) is 12.0 Å². The summed E-state index contributed by atoms with van der Waals surface area (Å²) in [6.07, 6.45) is -0.00991. The number of hydrogen-bond donors (Lipinski definition) is 1. The van der Waals surface area contributed by atoms with Crippen molar-refractivity contribution < 1.29 is 9.59 Å². The van der Waals surface area contributed by atoms with E-state index in [9.17, 15) is 9.59 Å². The van der Waals surface area contributed by atoms with Gasteiger partial charge in [-0.25, -0.2) is 0 Å². The van der Waals surface area contributed by atoms with Crippen LogP contribution < -0.4 is 5.32 Å². The molecular weight excluding hydrogens is 186 g/mol. The van der Waals surface area contributed by atoms with Gasteiger partial charge in [0.15, 0.2) is 5.78 Å². The molecule has 0 saturated carbocycles. The Morgan fingerprint density at radius 3 is 2.69 bits per heavy atom. The van der Waals surface area contributed by atoms with E-state index in [0.717, 1.165) is 15.4 Å². The first kappa shape index (κ1) is 8.44. The minimum absolute atomic E-state index is 0.00991. The lowest BCUT2D eigenvalue weighted by atomic mass is 10.0. The van der Waals surface area contributed by atoms with Crippen molar-refractivity contribution in [3.05, 3.63) is 16.0 Å². The maximum Gasteiger partial charge on any atom is 0.232 e. The van der Waals surface area contributed by atoms with Crippen molar-refractivity contribution in [2.24, 2.45) is 0 Å². The zero-order chi connectivity index (χ0) is 9.59. The summed E-state index contributed by atoms with van der Waals surface area (Å²) in [5.41, 5.74) is 1.71. The third-order valence-corrected chi connectivity index (χ3v) is 3.36. The highest BCUT2D eigenvalue weighted by molar-refractivity contribution is 7.17. The Balaban J connectivity index is 2.62. The summed E-state index contributed by atoms with van der Waals surface area (Å²) < 4.78 is 0. The van der Waals surface area contributed by atoms with Crippen molar-refractivity contribution in [1.29, 1.82) is 0 Å². The van der Waals surface area contributed by atoms with Crippen molar-refractivity contribution in [2.45, 2.75) is 20.3 Å². The topological polar surface area (TPSA) is 46.2 Å². The van der Waals surface area contributed by atoms with E-state index in [0.29, 0.717) is 5.56 Å². The second kappa shape index (κ2) is 2.67. The Bertz CT molecular complexity index is 406. The number of carbonyl (C=O) groups excluding carboxylic acids is 2. The van der Waals surface area contributed by atoms with Crippen LogP contribution in [0.15, 0.2) is 0 Å². The molecule has 0 atom stereocenters. The molecule has 0 radical (unpaired) electrons. The minimum Gasteiger partial charge on any atom is -0.317 e. The average molecular weight is 195 g/mol. The molecule has 0 aromatic carbocycles. The van der Waals surface area contributed by atoms with E-state index in [2.05, 4.69) is 5.32 Å². The minimum atomic E-state index is -0.196. The van der Waals surface area contributed by atoms with Crippen LogP contribution in [0.25, 0.3) is 0 Å². The summed E-state index contributed by atoms with van der Waals surface area (Å²) in [7, 11) is 0. The highest BCUT2D eigenvalue weighted by Gasteiger charge is 2.27. The molecule has 1 amide bonds. The van der Waals surface area contributed by atoms with Crippen LogP contribution in [0, 0.1) is 13.8 Å². The molecule has 0 aliphatic carbocycles. The second-order valence-electron chi connectivity index (χ2n) is 3.14. The summed E-state index contributed by atoms with van der Waals surface area (Å²) in [6, 6.07) is 0. The summed E-state index contributed by atoms with van der Waals surface area (Å²) in [5.74, 6) is -0.251. The fourth-order valence-corrected chi connectivity index (χ4v) is 2.55. The van der Waals surface area contributed by atoms with Gasteiger partial charge in [0.25, 0.3) is 0 Å². The number of thiophene rings is 1. The molecule has 4 heteroatoms. The van der Waals surface area contributed by atoms with Crippen molar-refractivity contribution in [3.8, 4) is 0 Å². The van der Waals surface area contributed by atoms with E-state index in [1.807, 2.05) is 13.8 Å². The van der Waals surface area contributed by atoms with Crippen molar-refractivity contribution in [2.75, 3.05) is 5.32 Å². The van der Waals surface area contributed by atoms with Crippen LogP contribution in [0.5, 0.6) is 0 Å². The van der Waals surface area contributed by atoms with Gasteiger partial charge in [0, 0.05) is 4.88 Å². The van der Waals surface area contributed by atoms with Gasteiger partial charge >= 0.3 is 0 Å². The zero-order valence-corrected chi connectivity index (χ0v) is 8.25. The van der Waals surface area contributed by atoms with Crippen LogP contribution in [-0.2, 0) is 4.79 Å². The van der Waals surface area contributed by atoms with E-state index in [-0.39, 0.29) is 18.1 Å². The smallest absolute Gasteiger partial charge is 0.232 e. The monoisotopic (exact) mass is 195 g/mol. The SMILES string of the molecule is Cc1sc2c(c1C)C(=O)CC(=O)N2. The Kier molecular flexibility index (Phi) is 1.73. The maximum atomic E-state index is 11.5. The number of rotatable bonds is 0. The number of ketones is 1. The summed E-state index contributed by atoms with van der Waals surface area (Å²) >= 11 is 1.47. The van der Waals surface area contributed by atoms with E-state index in [1.54, 1.807) is 0 Å². The molecule has 2 rings (SSSR count). The Morgan fingerprint density at radius 1 is 1.31 bits per heavy atom. The lowest BCUT2D eigenvalue weighted by molar-refractivity contribution is -0.115. The third kappa shape index (κ3) is 1.18. The van der Waals surface area contributed by atoms with E-state index >= 15 is 0 Å². The fraction of sp³-hybridized carbons (Fsp3) is 0.333. The maximum absolute atomic E-state index is 11.5. The third-order valence-electron chi connectivity index (χ3n) is 2.24. The number of nitrogens with one attached hydrogen (secondary N) is 1. The lowest BCUT2D eigenvalue weighted by Crippen LogP contribution is -2.22. The number of Topliss-reactive ketones (excluding diaryl/α,β-unsaturated/α-hetero) is 1. The molecule has 1 aromatic rings. The van der Waals surface area contributed by atoms with Gasteiger partial charge in [-0.05, 0) is 19.4 Å². The number of carbonyl (C=O) groups is 2. The molecule has 0 spiro atoms. The molecular formula is C9H9NO2S. The average Bonchev–Trinajstić information content (AvgIpc) is 2.27. The highest BCUT2D eigenvalue weighted by atomic mass is 32.1. The van der Waals surface area contributed by atoms with Crippen molar-refractivity contribution in [1.82, 2.24) is 0 Å². The molecule has 0 fully saturated rings. The van der Waals surface area contributed by atoms with Crippen LogP contribution in [0.1, 0.15) is 27.2 Å². The van der Waals surface area contributed by atoms with Gasteiger partial charge in [-0.2, -0.15) is 0 Å². The molecule has 13 heavy (non-hydrogen) atoms. The number of aryl methyl sites for hydroxylation is 1. The van der Waals surface area contributed by atoms with Gasteiger partial charge in [-0.1, -0.05) is 0 Å². The lowest BCUT2D eigenvalue weighted by Gasteiger charge is -2.11. The van der Waals surface area contributed by atoms with Gasteiger partial charge < -0.3 is 5.32 Å². The molecule has 0 bridgehead atoms. The van der Waals surface area contributed by atoms with Crippen molar-refractivity contribution in [3.63, 3.8) is 0 Å². The highest BCUT2D eigenvalue weighted by Crippen LogP contribution is 2.35. The Labute approximate surface area is 79.8 Å². The zero-order valence-electron chi connectivity index (χ0n) is 7.43. The first-order valence-corrected chi connectivity index (χ1v) is 4.84. The summed E-state index contributed by atoms with van der Waals surface area (Å²) in [6.45, 7) is 3.87. The van der Waals surface area contributed by atoms with Gasteiger partial charge in [0.1, 0.15) is 5.00 Å². The van der Waals surface area contributed by atoms with Crippen LogP contribution in [0.2, 0.25) is 0 Å². The number of hydrogen-bond acceptors (Lipinski definition) is 3. The van der Waals surface area contributed by atoms with Crippen LogP contribution in [0.3, 0.4) is 0 Å². The summed E-state index contributed by atoms with van der Waals surface area (Å²) in [5, 5.41) is 3.43. The van der Waals surface area contributed by atoms with Gasteiger partial charge in [-0.3, -0.25) is 9.59 Å². The molecule has 1 aliphatic heterocycles. The van der Waals surface area contributed by atoms with Gasteiger partial charge in [-0.15, -0.1) is 11.3 Å². The molecule has 0 saturated heterocycles. The largest absolute Gasteiger partial charge is 0.317 e. The van der Waals surface area contributed by atoms with E-state index < -0.39 is 0 Å². The summed E-state index contributed by atoms with van der Waals surface area (Å²) in [4.78, 5) is 23.6. The van der Waals surface area contributed by atoms with Gasteiger partial charge in [0.2, 0.25) is 5.91 Å². The Hall–Kier alpha value is -1.16. The van der Waals surface area contributed by atoms with E-state index in [4.69, 9.17) is 0 Å².